The molecule has 0 bridgehead atoms. The van der Waals surface area contributed by atoms with Crippen molar-refractivity contribution in [2.24, 2.45) is 5.92 Å². The van der Waals surface area contributed by atoms with Crippen molar-refractivity contribution in [3.8, 4) is 0 Å². The second kappa shape index (κ2) is 6.24. The van der Waals surface area contributed by atoms with Crippen molar-refractivity contribution < 1.29 is 9.90 Å². The second-order valence-corrected chi connectivity index (χ2v) is 5.69. The number of aryl methyl sites for hydroxylation is 1. The van der Waals surface area contributed by atoms with E-state index in [0.717, 1.165) is 24.2 Å². The first kappa shape index (κ1) is 14.8. The van der Waals surface area contributed by atoms with Crippen LogP contribution in [0.15, 0.2) is 18.2 Å². The van der Waals surface area contributed by atoms with Gasteiger partial charge in [-0.15, -0.1) is 0 Å². The Kier molecular flexibility index (Phi) is 4.62. The first-order valence-corrected chi connectivity index (χ1v) is 7.02. The zero-order valence-corrected chi connectivity index (χ0v) is 12.1. The lowest BCUT2D eigenvalue weighted by atomic mass is 9.96. The molecule has 1 aliphatic heterocycles. The van der Waals surface area contributed by atoms with Gasteiger partial charge in [-0.05, 0) is 43.5 Å². The molecule has 0 aromatic heterocycles. The van der Waals surface area contributed by atoms with Crippen LogP contribution in [0, 0.1) is 12.8 Å². The minimum atomic E-state index is -0.342. The Balaban J connectivity index is 1.91. The first-order chi connectivity index (χ1) is 9.45. The summed E-state index contributed by atoms with van der Waals surface area (Å²) in [7, 11) is 0. The van der Waals surface area contributed by atoms with Gasteiger partial charge < -0.3 is 16.2 Å². The van der Waals surface area contributed by atoms with Crippen molar-refractivity contribution in [1.29, 1.82) is 0 Å². The van der Waals surface area contributed by atoms with Crippen molar-refractivity contribution >= 4 is 17.3 Å². The molecule has 2 rings (SSSR count). The minimum absolute atomic E-state index is 0.0690. The van der Waals surface area contributed by atoms with Crippen LogP contribution in [0.5, 0.6) is 0 Å². The quantitative estimate of drug-likeness (QED) is 0.726. The van der Waals surface area contributed by atoms with Crippen molar-refractivity contribution in [1.82, 2.24) is 4.90 Å². The monoisotopic (exact) mass is 277 g/mol. The third-order valence-corrected chi connectivity index (χ3v) is 3.91. The van der Waals surface area contributed by atoms with Gasteiger partial charge in [0.15, 0.2) is 0 Å². The van der Waals surface area contributed by atoms with E-state index >= 15 is 0 Å². The van der Waals surface area contributed by atoms with Gasteiger partial charge >= 0.3 is 0 Å². The molecule has 2 atom stereocenters. The molecule has 1 aromatic carbocycles. The Morgan fingerprint density at radius 1 is 1.55 bits per heavy atom. The number of β-amino-alcohol motifs (C(OH)–C–C–N with tert-alkyl or cyclic N) is 1. The Morgan fingerprint density at radius 3 is 3.00 bits per heavy atom. The summed E-state index contributed by atoms with van der Waals surface area (Å²) in [4.78, 5) is 14.0. The number of carbonyl (C=O) groups excluding carboxylic acids is 1. The Bertz CT molecular complexity index is 490. The number of nitrogens with one attached hydrogen (secondary N) is 1. The molecule has 1 fully saturated rings. The molecule has 0 saturated carbocycles. The van der Waals surface area contributed by atoms with E-state index < -0.39 is 0 Å². The van der Waals surface area contributed by atoms with E-state index in [2.05, 4.69) is 5.32 Å². The topological polar surface area (TPSA) is 78.6 Å². The molecule has 1 aliphatic rings. The fourth-order valence-corrected chi connectivity index (χ4v) is 2.43. The standard InChI is InChI=1S/C15H23N3O2/c1-10-3-4-12(16)7-13(10)17-15(20)9-18-6-5-11(2)14(19)8-18/h3-4,7,11,14,19H,5-6,8-9,16H2,1-2H3,(H,17,20). The maximum Gasteiger partial charge on any atom is 0.238 e. The van der Waals surface area contributed by atoms with E-state index in [9.17, 15) is 9.90 Å². The molecule has 4 N–H and O–H groups in total. The fraction of sp³-hybridized carbons (Fsp3) is 0.533. The number of nitrogen functional groups attached to an aromatic ring is 1. The maximum atomic E-state index is 12.1. The molecular formula is C15H23N3O2. The molecule has 1 saturated heterocycles. The number of piperidine rings is 1. The molecule has 2 unspecified atom stereocenters. The number of hydrogen-bond donors (Lipinski definition) is 3. The summed E-state index contributed by atoms with van der Waals surface area (Å²) in [5.41, 5.74) is 8.10. The van der Waals surface area contributed by atoms with E-state index in [1.165, 1.54) is 0 Å². The molecule has 110 valence electrons. The summed E-state index contributed by atoms with van der Waals surface area (Å²) >= 11 is 0. The number of benzene rings is 1. The third kappa shape index (κ3) is 3.71. The highest BCUT2D eigenvalue weighted by Gasteiger charge is 2.25. The van der Waals surface area contributed by atoms with Gasteiger partial charge in [0, 0.05) is 17.9 Å². The number of carbonyl (C=O) groups is 1. The summed E-state index contributed by atoms with van der Waals surface area (Å²) in [6, 6.07) is 5.46. The van der Waals surface area contributed by atoms with E-state index in [0.29, 0.717) is 24.7 Å². The highest BCUT2D eigenvalue weighted by atomic mass is 16.3. The van der Waals surface area contributed by atoms with E-state index in [4.69, 9.17) is 5.73 Å². The predicted molar refractivity (Wildman–Crippen MR) is 80.4 cm³/mol. The van der Waals surface area contributed by atoms with Crippen LogP contribution in [0.3, 0.4) is 0 Å². The van der Waals surface area contributed by atoms with E-state index in [-0.39, 0.29) is 12.0 Å². The Labute approximate surface area is 119 Å². The van der Waals surface area contributed by atoms with Gasteiger partial charge in [-0.25, -0.2) is 0 Å². The van der Waals surface area contributed by atoms with Crippen molar-refractivity contribution in [2.45, 2.75) is 26.4 Å². The van der Waals surface area contributed by atoms with Gasteiger partial charge in [0.1, 0.15) is 0 Å². The van der Waals surface area contributed by atoms with Gasteiger partial charge in [0.05, 0.1) is 12.6 Å². The SMILES string of the molecule is Cc1ccc(N)cc1NC(=O)CN1CCC(C)C(O)C1. The summed E-state index contributed by atoms with van der Waals surface area (Å²) in [5.74, 6) is 0.242. The summed E-state index contributed by atoms with van der Waals surface area (Å²) in [6.07, 6.45) is 0.580. The number of nitrogens with two attached hydrogens (primary N) is 1. The maximum absolute atomic E-state index is 12.1. The number of likely N-dealkylation sites (tertiary alicyclic amines) is 1. The first-order valence-electron chi connectivity index (χ1n) is 7.02. The van der Waals surface area contributed by atoms with Crippen molar-refractivity contribution in [3.05, 3.63) is 23.8 Å². The molecular weight excluding hydrogens is 254 g/mol. The number of nitrogens with zero attached hydrogens (tertiary/aromatic N) is 1. The normalized spacial score (nSPS) is 23.6. The number of hydrogen-bond acceptors (Lipinski definition) is 4. The number of amides is 1. The van der Waals surface area contributed by atoms with E-state index in [1.807, 2.05) is 30.9 Å². The van der Waals surface area contributed by atoms with E-state index in [1.54, 1.807) is 6.07 Å². The van der Waals surface area contributed by atoms with Crippen LogP contribution in [-0.2, 0) is 4.79 Å². The Morgan fingerprint density at radius 2 is 2.30 bits per heavy atom. The van der Waals surface area contributed by atoms with Crippen LogP contribution < -0.4 is 11.1 Å². The van der Waals surface area contributed by atoms with Gasteiger partial charge in [-0.3, -0.25) is 9.69 Å². The number of anilines is 2. The lowest BCUT2D eigenvalue weighted by molar-refractivity contribution is -0.118. The predicted octanol–water partition coefficient (Wildman–Crippen LogP) is 1.22. The second-order valence-electron chi connectivity index (χ2n) is 5.69. The molecule has 20 heavy (non-hydrogen) atoms. The van der Waals surface area contributed by atoms with Crippen molar-refractivity contribution in [3.63, 3.8) is 0 Å². The van der Waals surface area contributed by atoms with Crippen LogP contribution in [-0.4, -0.2) is 41.7 Å². The summed E-state index contributed by atoms with van der Waals surface area (Å²) in [6.45, 7) is 5.68. The lowest BCUT2D eigenvalue weighted by Gasteiger charge is -2.33. The molecule has 0 radical (unpaired) electrons. The summed E-state index contributed by atoms with van der Waals surface area (Å²) in [5, 5.41) is 12.7. The Hall–Kier alpha value is -1.59. The molecule has 1 heterocycles. The number of rotatable bonds is 3. The molecule has 1 aromatic rings. The molecule has 0 aliphatic carbocycles. The third-order valence-electron chi connectivity index (χ3n) is 3.91. The smallest absolute Gasteiger partial charge is 0.238 e. The largest absolute Gasteiger partial charge is 0.399 e. The van der Waals surface area contributed by atoms with Crippen LogP contribution in [0.2, 0.25) is 0 Å². The molecule has 5 nitrogen and oxygen atoms in total. The highest BCUT2D eigenvalue weighted by molar-refractivity contribution is 5.93. The number of aliphatic hydroxyl groups is 1. The van der Waals surface area contributed by atoms with Crippen LogP contribution in [0.25, 0.3) is 0 Å². The zero-order chi connectivity index (χ0) is 14.7. The van der Waals surface area contributed by atoms with Gasteiger partial charge in [-0.1, -0.05) is 13.0 Å². The van der Waals surface area contributed by atoms with Gasteiger partial charge in [-0.2, -0.15) is 0 Å². The zero-order valence-electron chi connectivity index (χ0n) is 12.1. The van der Waals surface area contributed by atoms with Gasteiger partial charge in [0.25, 0.3) is 0 Å². The van der Waals surface area contributed by atoms with Crippen LogP contribution in [0.1, 0.15) is 18.9 Å². The lowest BCUT2D eigenvalue weighted by Crippen LogP contribution is -2.45. The summed E-state index contributed by atoms with van der Waals surface area (Å²) < 4.78 is 0. The minimum Gasteiger partial charge on any atom is -0.399 e. The van der Waals surface area contributed by atoms with Crippen molar-refractivity contribution in [2.75, 3.05) is 30.7 Å². The highest BCUT2D eigenvalue weighted by Crippen LogP contribution is 2.19. The molecule has 5 heteroatoms. The van der Waals surface area contributed by atoms with Gasteiger partial charge in [0.2, 0.25) is 5.91 Å². The number of aliphatic hydroxyl groups excluding tert-OH is 1. The van der Waals surface area contributed by atoms with Crippen LogP contribution in [0.4, 0.5) is 11.4 Å². The molecule has 0 spiro atoms. The van der Waals surface area contributed by atoms with Crippen LogP contribution >= 0.6 is 0 Å². The average Bonchev–Trinajstić information content (AvgIpc) is 2.38. The molecule has 1 amide bonds. The fourth-order valence-electron chi connectivity index (χ4n) is 2.43. The average molecular weight is 277 g/mol.